The Morgan fingerprint density at radius 3 is 2.62 bits per heavy atom. The first kappa shape index (κ1) is 14.6. The lowest BCUT2D eigenvalue weighted by molar-refractivity contribution is 1.22. The van der Waals surface area contributed by atoms with Gasteiger partial charge in [-0.1, -0.05) is 41.9 Å². The molecule has 0 spiro atoms. The molecular weight excluding hydrogens is 318 g/mol. The van der Waals surface area contributed by atoms with E-state index in [1.54, 1.807) is 11.3 Å². The largest absolute Gasteiger partial charge is 0.240 e. The number of rotatable bonds is 4. The van der Waals surface area contributed by atoms with Crippen LogP contribution in [0.2, 0.25) is 5.02 Å². The summed E-state index contributed by atoms with van der Waals surface area (Å²) in [5, 5.41) is 3.94. The van der Waals surface area contributed by atoms with Gasteiger partial charge >= 0.3 is 0 Å². The highest BCUT2D eigenvalue weighted by Crippen LogP contribution is 2.29. The number of halogens is 1. The Hall–Kier alpha value is -1.29. The normalized spacial score (nSPS) is 10.8. The monoisotopic (exact) mass is 331 g/mol. The molecule has 0 saturated carbocycles. The summed E-state index contributed by atoms with van der Waals surface area (Å²) >= 11 is 9.43. The molecule has 0 radical (unpaired) electrons. The van der Waals surface area contributed by atoms with E-state index in [0.717, 1.165) is 27.0 Å². The second kappa shape index (κ2) is 6.65. The molecule has 3 aromatic rings. The molecule has 0 amide bonds. The van der Waals surface area contributed by atoms with Crippen LogP contribution in [0.25, 0.3) is 10.6 Å². The molecule has 1 heterocycles. The molecule has 0 saturated heterocycles. The van der Waals surface area contributed by atoms with Crippen molar-refractivity contribution in [1.82, 2.24) is 4.98 Å². The highest BCUT2D eigenvalue weighted by molar-refractivity contribution is 7.98. The maximum atomic E-state index is 5.92. The fourth-order valence-corrected chi connectivity index (χ4v) is 3.95. The lowest BCUT2D eigenvalue weighted by Crippen LogP contribution is -1.84. The average Bonchev–Trinajstić information content (AvgIpc) is 2.96. The van der Waals surface area contributed by atoms with Gasteiger partial charge in [0.05, 0.1) is 5.69 Å². The lowest BCUT2D eigenvalue weighted by Gasteiger charge is -2.03. The number of aryl methyl sites for hydroxylation is 1. The summed E-state index contributed by atoms with van der Waals surface area (Å²) < 4.78 is 0. The van der Waals surface area contributed by atoms with Crippen LogP contribution in [0, 0.1) is 6.92 Å². The number of hydrogen-bond donors (Lipinski definition) is 0. The van der Waals surface area contributed by atoms with Gasteiger partial charge in [-0.2, -0.15) is 0 Å². The van der Waals surface area contributed by atoms with Crippen LogP contribution in [0.5, 0.6) is 0 Å². The predicted octanol–water partition coefficient (Wildman–Crippen LogP) is 6.06. The van der Waals surface area contributed by atoms with Crippen molar-refractivity contribution in [3.05, 3.63) is 70.2 Å². The van der Waals surface area contributed by atoms with Crippen molar-refractivity contribution < 1.29 is 0 Å². The summed E-state index contributed by atoms with van der Waals surface area (Å²) in [4.78, 5) is 6.03. The van der Waals surface area contributed by atoms with Gasteiger partial charge in [0.15, 0.2) is 0 Å². The lowest BCUT2D eigenvalue weighted by atomic mass is 10.2. The maximum Gasteiger partial charge on any atom is 0.123 e. The summed E-state index contributed by atoms with van der Waals surface area (Å²) in [6.07, 6.45) is 0. The first-order valence-corrected chi connectivity index (χ1v) is 8.85. The van der Waals surface area contributed by atoms with Gasteiger partial charge in [0.25, 0.3) is 0 Å². The number of thioether (sulfide) groups is 1. The highest BCUT2D eigenvalue weighted by atomic mass is 35.5. The second-order valence-electron chi connectivity index (χ2n) is 4.71. The minimum atomic E-state index is 0.755. The second-order valence-corrected chi connectivity index (χ2v) is 7.02. The third kappa shape index (κ3) is 3.67. The Morgan fingerprint density at radius 2 is 1.86 bits per heavy atom. The van der Waals surface area contributed by atoms with Crippen molar-refractivity contribution in [2.24, 2.45) is 0 Å². The zero-order chi connectivity index (χ0) is 14.7. The van der Waals surface area contributed by atoms with Crippen LogP contribution in [-0.2, 0) is 5.75 Å². The van der Waals surface area contributed by atoms with Crippen molar-refractivity contribution in [3.8, 4) is 10.6 Å². The van der Waals surface area contributed by atoms with Crippen LogP contribution in [0.4, 0.5) is 0 Å². The minimum absolute atomic E-state index is 0.755. The number of aromatic nitrogens is 1. The molecule has 3 rings (SSSR count). The maximum absolute atomic E-state index is 5.92. The van der Waals surface area contributed by atoms with Gasteiger partial charge in [-0.05, 0) is 30.7 Å². The van der Waals surface area contributed by atoms with Crippen molar-refractivity contribution in [1.29, 1.82) is 0 Å². The predicted molar refractivity (Wildman–Crippen MR) is 93.3 cm³/mol. The molecule has 2 aromatic carbocycles. The summed E-state index contributed by atoms with van der Waals surface area (Å²) in [6, 6.07) is 16.3. The zero-order valence-corrected chi connectivity index (χ0v) is 13.9. The van der Waals surface area contributed by atoms with Gasteiger partial charge in [-0.25, -0.2) is 4.98 Å². The smallest absolute Gasteiger partial charge is 0.123 e. The molecule has 0 atom stereocenters. The molecule has 106 valence electrons. The molecular formula is C17H14ClNS2. The summed E-state index contributed by atoms with van der Waals surface area (Å²) in [5.41, 5.74) is 3.56. The standard InChI is InChI=1S/C17H14ClNS2/c1-12-4-2-3-5-16(12)20-10-15-11-21-17(19-15)13-6-8-14(18)9-7-13/h2-9,11H,10H2,1H3. The fourth-order valence-electron chi connectivity index (χ4n) is 1.97. The van der Waals surface area contributed by atoms with E-state index in [9.17, 15) is 0 Å². The van der Waals surface area contributed by atoms with Crippen LogP contribution in [0.1, 0.15) is 11.3 Å². The fraction of sp³-hybridized carbons (Fsp3) is 0.118. The summed E-state index contributed by atoms with van der Waals surface area (Å²) in [7, 11) is 0. The van der Waals surface area contributed by atoms with E-state index in [4.69, 9.17) is 16.6 Å². The van der Waals surface area contributed by atoms with Crippen molar-refractivity contribution in [3.63, 3.8) is 0 Å². The topological polar surface area (TPSA) is 12.9 Å². The Labute approximate surface area is 138 Å². The van der Waals surface area contributed by atoms with E-state index in [0.29, 0.717) is 0 Å². The SMILES string of the molecule is Cc1ccccc1SCc1csc(-c2ccc(Cl)cc2)n1. The van der Waals surface area contributed by atoms with Crippen LogP contribution < -0.4 is 0 Å². The number of hydrogen-bond acceptors (Lipinski definition) is 3. The molecule has 0 aliphatic carbocycles. The Morgan fingerprint density at radius 1 is 1.10 bits per heavy atom. The first-order chi connectivity index (χ1) is 10.2. The van der Waals surface area contributed by atoms with E-state index in [-0.39, 0.29) is 0 Å². The van der Waals surface area contributed by atoms with E-state index < -0.39 is 0 Å². The third-order valence-corrected chi connectivity index (χ3v) is 5.51. The zero-order valence-electron chi connectivity index (χ0n) is 11.5. The van der Waals surface area contributed by atoms with Gasteiger partial charge < -0.3 is 0 Å². The number of nitrogens with zero attached hydrogens (tertiary/aromatic N) is 1. The van der Waals surface area contributed by atoms with Crippen molar-refractivity contribution >= 4 is 34.7 Å². The van der Waals surface area contributed by atoms with Gasteiger partial charge in [0, 0.05) is 26.6 Å². The molecule has 4 heteroatoms. The summed E-state index contributed by atoms with van der Waals surface area (Å²) in [6.45, 7) is 2.14. The van der Waals surface area contributed by atoms with Crippen molar-refractivity contribution in [2.45, 2.75) is 17.6 Å². The number of benzene rings is 2. The van der Waals surface area contributed by atoms with Crippen LogP contribution in [0.3, 0.4) is 0 Å². The Kier molecular flexibility index (Phi) is 4.63. The first-order valence-electron chi connectivity index (χ1n) is 6.61. The number of thiazole rings is 1. The Balaban J connectivity index is 1.71. The van der Waals surface area contributed by atoms with Crippen LogP contribution in [0.15, 0.2) is 58.8 Å². The van der Waals surface area contributed by atoms with E-state index in [1.165, 1.54) is 10.5 Å². The van der Waals surface area contributed by atoms with E-state index in [2.05, 4.69) is 36.6 Å². The van der Waals surface area contributed by atoms with Crippen LogP contribution >= 0.6 is 34.7 Å². The molecule has 0 aliphatic rings. The minimum Gasteiger partial charge on any atom is -0.240 e. The van der Waals surface area contributed by atoms with Gasteiger partial charge in [0.1, 0.15) is 5.01 Å². The molecule has 1 aromatic heterocycles. The molecule has 0 unspecified atom stereocenters. The molecule has 0 aliphatic heterocycles. The van der Waals surface area contributed by atoms with Gasteiger partial charge in [-0.15, -0.1) is 23.1 Å². The molecule has 0 bridgehead atoms. The van der Waals surface area contributed by atoms with Gasteiger partial charge in [0.2, 0.25) is 0 Å². The van der Waals surface area contributed by atoms with Gasteiger partial charge in [-0.3, -0.25) is 0 Å². The average molecular weight is 332 g/mol. The molecule has 0 fully saturated rings. The molecule has 0 N–H and O–H groups in total. The molecule has 21 heavy (non-hydrogen) atoms. The molecule has 1 nitrogen and oxygen atoms in total. The van der Waals surface area contributed by atoms with Crippen LogP contribution in [-0.4, -0.2) is 4.98 Å². The highest BCUT2D eigenvalue weighted by Gasteiger charge is 2.06. The van der Waals surface area contributed by atoms with Crippen molar-refractivity contribution in [2.75, 3.05) is 0 Å². The summed E-state index contributed by atoms with van der Waals surface area (Å²) in [5.74, 6) is 0.898. The third-order valence-electron chi connectivity index (χ3n) is 3.11. The van der Waals surface area contributed by atoms with E-state index >= 15 is 0 Å². The Bertz CT molecular complexity index is 735. The quantitative estimate of drug-likeness (QED) is 0.538. The van der Waals surface area contributed by atoms with E-state index in [1.807, 2.05) is 36.0 Å².